The maximum Gasteiger partial charge on any atom is 0.387 e. The van der Waals surface area contributed by atoms with Gasteiger partial charge in [0, 0.05) is 11.6 Å². The van der Waals surface area contributed by atoms with Gasteiger partial charge >= 0.3 is 6.61 Å². The summed E-state index contributed by atoms with van der Waals surface area (Å²) in [7, 11) is 0. The summed E-state index contributed by atoms with van der Waals surface area (Å²) >= 11 is 0. The van der Waals surface area contributed by atoms with E-state index >= 15 is 0 Å². The van der Waals surface area contributed by atoms with E-state index in [9.17, 15) is 8.78 Å². The number of para-hydroxylation sites is 1. The molecule has 0 saturated carbocycles. The van der Waals surface area contributed by atoms with Gasteiger partial charge in [0.2, 0.25) is 0 Å². The molecule has 1 unspecified atom stereocenters. The van der Waals surface area contributed by atoms with Crippen molar-refractivity contribution < 1.29 is 23.7 Å². The lowest BCUT2D eigenvalue weighted by Crippen LogP contribution is -2.37. The molecule has 4 nitrogen and oxygen atoms in total. The molecule has 0 bridgehead atoms. The van der Waals surface area contributed by atoms with E-state index in [2.05, 4.69) is 10.1 Å². The summed E-state index contributed by atoms with van der Waals surface area (Å²) in [6.45, 7) is -1.62. The van der Waals surface area contributed by atoms with Crippen LogP contribution in [-0.2, 0) is 0 Å². The van der Waals surface area contributed by atoms with Gasteiger partial charge in [0.25, 0.3) is 0 Å². The Morgan fingerprint density at radius 3 is 2.39 bits per heavy atom. The third-order valence-electron chi connectivity index (χ3n) is 2.53. The molecule has 102 valence electrons. The van der Waals surface area contributed by atoms with Crippen molar-refractivity contribution >= 4 is 0 Å². The van der Waals surface area contributed by atoms with Crippen molar-refractivity contribution in [1.82, 2.24) is 5.32 Å². The molecule has 0 aliphatic carbocycles. The van der Waals surface area contributed by atoms with Gasteiger partial charge in [-0.1, -0.05) is 18.2 Å². The van der Waals surface area contributed by atoms with Gasteiger partial charge in [0.05, 0.1) is 19.3 Å². The van der Waals surface area contributed by atoms with Gasteiger partial charge in [-0.2, -0.15) is 8.78 Å². The molecule has 6 heteroatoms. The van der Waals surface area contributed by atoms with Crippen molar-refractivity contribution in [1.29, 1.82) is 0 Å². The molecular weight excluding hydrogens is 244 g/mol. The van der Waals surface area contributed by atoms with E-state index in [1.165, 1.54) is 6.07 Å². The molecule has 0 aliphatic heterocycles. The molecule has 0 heterocycles. The van der Waals surface area contributed by atoms with Crippen molar-refractivity contribution in [2.75, 3.05) is 13.2 Å². The zero-order valence-electron chi connectivity index (χ0n) is 10.0. The second-order valence-electron chi connectivity index (χ2n) is 3.87. The van der Waals surface area contributed by atoms with E-state index in [0.29, 0.717) is 5.56 Å². The summed E-state index contributed by atoms with van der Waals surface area (Å²) in [4.78, 5) is 0. The van der Waals surface area contributed by atoms with Crippen molar-refractivity contribution in [3.63, 3.8) is 0 Å². The molecule has 1 rings (SSSR count). The van der Waals surface area contributed by atoms with Crippen LogP contribution in [0.15, 0.2) is 24.3 Å². The minimum atomic E-state index is -2.88. The number of hydrogen-bond acceptors (Lipinski definition) is 4. The Hall–Kier alpha value is -1.24. The zero-order valence-corrected chi connectivity index (χ0v) is 10.0. The molecule has 0 amide bonds. The highest BCUT2D eigenvalue weighted by Gasteiger charge is 2.17. The Bertz CT molecular complexity index is 359. The number of hydrogen-bond donors (Lipinski definition) is 3. The van der Waals surface area contributed by atoms with Crippen LogP contribution in [0.3, 0.4) is 0 Å². The van der Waals surface area contributed by atoms with Gasteiger partial charge in [-0.3, -0.25) is 0 Å². The van der Waals surface area contributed by atoms with Crippen molar-refractivity contribution in [2.24, 2.45) is 0 Å². The van der Waals surface area contributed by atoms with Gasteiger partial charge in [-0.05, 0) is 13.0 Å². The molecule has 0 radical (unpaired) electrons. The fourth-order valence-electron chi connectivity index (χ4n) is 1.65. The van der Waals surface area contributed by atoms with Crippen LogP contribution in [0, 0.1) is 0 Å². The highest BCUT2D eigenvalue weighted by atomic mass is 19.3. The molecule has 1 aromatic carbocycles. The van der Waals surface area contributed by atoms with E-state index in [0.717, 1.165) is 0 Å². The third-order valence-corrected chi connectivity index (χ3v) is 2.53. The quantitative estimate of drug-likeness (QED) is 0.692. The average molecular weight is 261 g/mol. The largest absolute Gasteiger partial charge is 0.434 e. The molecule has 1 aromatic rings. The van der Waals surface area contributed by atoms with E-state index in [1.807, 2.05) is 0 Å². The molecule has 0 aliphatic rings. The predicted octanol–water partition coefficient (Wildman–Crippen LogP) is 1.29. The van der Waals surface area contributed by atoms with Crippen LogP contribution >= 0.6 is 0 Å². The summed E-state index contributed by atoms with van der Waals surface area (Å²) in [5.74, 6) is 0.0853. The summed E-state index contributed by atoms with van der Waals surface area (Å²) in [6.07, 6.45) is 0. The number of aliphatic hydroxyl groups excluding tert-OH is 2. The number of benzene rings is 1. The minimum Gasteiger partial charge on any atom is -0.434 e. The normalized spacial score (nSPS) is 13.1. The average Bonchev–Trinajstić information content (AvgIpc) is 2.35. The fourth-order valence-corrected chi connectivity index (χ4v) is 1.65. The first kappa shape index (κ1) is 14.8. The van der Waals surface area contributed by atoms with Crippen LogP contribution in [0.5, 0.6) is 5.75 Å². The maximum atomic E-state index is 12.2. The topological polar surface area (TPSA) is 61.7 Å². The van der Waals surface area contributed by atoms with Gasteiger partial charge in [-0.15, -0.1) is 0 Å². The molecule has 3 N–H and O–H groups in total. The van der Waals surface area contributed by atoms with Gasteiger partial charge < -0.3 is 20.3 Å². The number of alkyl halides is 2. The van der Waals surface area contributed by atoms with Crippen LogP contribution in [-0.4, -0.2) is 36.1 Å². The van der Waals surface area contributed by atoms with Crippen LogP contribution in [0.4, 0.5) is 8.78 Å². The van der Waals surface area contributed by atoms with Gasteiger partial charge in [0.1, 0.15) is 5.75 Å². The smallest absolute Gasteiger partial charge is 0.387 e. The Balaban J connectivity index is 2.80. The molecule has 0 aromatic heterocycles. The molecule has 0 saturated heterocycles. The SMILES string of the molecule is CC(NC(CO)CO)c1ccccc1OC(F)F. The van der Waals surface area contributed by atoms with E-state index in [1.54, 1.807) is 25.1 Å². The molecule has 0 fully saturated rings. The van der Waals surface area contributed by atoms with Crippen LogP contribution < -0.4 is 10.1 Å². The van der Waals surface area contributed by atoms with Crippen molar-refractivity contribution in [3.8, 4) is 5.75 Å². The first-order valence-corrected chi connectivity index (χ1v) is 5.60. The maximum absolute atomic E-state index is 12.2. The second kappa shape index (κ2) is 7.25. The molecule has 0 spiro atoms. The van der Waals surface area contributed by atoms with Crippen LogP contribution in [0.2, 0.25) is 0 Å². The lowest BCUT2D eigenvalue weighted by atomic mass is 10.1. The first-order valence-electron chi connectivity index (χ1n) is 5.60. The number of rotatable bonds is 7. The summed E-state index contributed by atoms with van der Waals surface area (Å²) in [5.41, 5.74) is 0.546. The Labute approximate surface area is 104 Å². The predicted molar refractivity (Wildman–Crippen MR) is 62.6 cm³/mol. The first-order chi connectivity index (χ1) is 8.58. The lowest BCUT2D eigenvalue weighted by Gasteiger charge is -2.22. The standard InChI is InChI=1S/C12H17F2NO3/c1-8(15-9(6-16)7-17)10-4-2-3-5-11(10)18-12(13)14/h2-5,8-9,12,15-17H,6-7H2,1H3. The summed E-state index contributed by atoms with van der Waals surface area (Å²) in [5, 5.41) is 20.8. The minimum absolute atomic E-state index is 0.0853. The van der Waals surface area contributed by atoms with Crippen molar-refractivity contribution in [2.45, 2.75) is 25.6 Å². The highest BCUT2D eigenvalue weighted by Crippen LogP contribution is 2.26. The summed E-state index contributed by atoms with van der Waals surface area (Å²) in [6, 6.07) is 5.58. The number of ether oxygens (including phenoxy) is 1. The Morgan fingerprint density at radius 1 is 1.22 bits per heavy atom. The highest BCUT2D eigenvalue weighted by molar-refractivity contribution is 5.35. The van der Waals surface area contributed by atoms with Crippen molar-refractivity contribution in [3.05, 3.63) is 29.8 Å². The summed E-state index contributed by atoms with van der Waals surface area (Å²) < 4.78 is 28.9. The third kappa shape index (κ3) is 4.21. The van der Waals surface area contributed by atoms with Gasteiger partial charge in [-0.25, -0.2) is 0 Å². The fraction of sp³-hybridized carbons (Fsp3) is 0.500. The van der Waals surface area contributed by atoms with Crippen LogP contribution in [0.25, 0.3) is 0 Å². The Morgan fingerprint density at radius 2 is 1.83 bits per heavy atom. The molecule has 18 heavy (non-hydrogen) atoms. The van der Waals surface area contributed by atoms with Crippen LogP contribution in [0.1, 0.15) is 18.5 Å². The lowest BCUT2D eigenvalue weighted by molar-refractivity contribution is -0.0507. The Kier molecular flexibility index (Phi) is 5.97. The second-order valence-corrected chi connectivity index (χ2v) is 3.87. The zero-order chi connectivity index (χ0) is 13.5. The van der Waals surface area contributed by atoms with E-state index < -0.39 is 12.7 Å². The van der Waals surface area contributed by atoms with E-state index in [-0.39, 0.29) is 25.0 Å². The van der Waals surface area contributed by atoms with Gasteiger partial charge in [0.15, 0.2) is 0 Å². The number of halogens is 2. The molecule has 1 atom stereocenters. The monoisotopic (exact) mass is 261 g/mol. The molecular formula is C12H17F2NO3. The number of aliphatic hydroxyl groups is 2. The number of nitrogens with one attached hydrogen (secondary N) is 1. The van der Waals surface area contributed by atoms with E-state index in [4.69, 9.17) is 10.2 Å².